The van der Waals surface area contributed by atoms with Crippen LogP contribution in [0.1, 0.15) is 38.2 Å². The maximum absolute atomic E-state index is 14.7. The second-order valence-electron chi connectivity index (χ2n) is 9.37. The molecule has 3 nitrogen and oxygen atoms in total. The summed E-state index contributed by atoms with van der Waals surface area (Å²) in [7, 11) is 0. The average molecular weight is 578 g/mol. The molecule has 1 saturated heterocycles. The SMILES string of the molecule is CCCC1CCC(C(F)(F)Oc2ccc(C(F)(F)Oc3ccc(-c4cc(F)c(F)c(F)c4)c(F)c3)c(F)c2)OC1. The molecule has 1 aliphatic heterocycles. The van der Waals surface area contributed by atoms with E-state index in [0.717, 1.165) is 25.0 Å². The van der Waals surface area contributed by atoms with Gasteiger partial charge in [-0.25, -0.2) is 22.0 Å². The maximum Gasteiger partial charge on any atom is 0.429 e. The molecule has 0 bridgehead atoms. The highest BCUT2D eigenvalue weighted by atomic mass is 19.3. The van der Waals surface area contributed by atoms with Gasteiger partial charge in [0, 0.05) is 17.7 Å². The van der Waals surface area contributed by atoms with Crippen molar-refractivity contribution in [3.63, 3.8) is 0 Å². The standard InChI is InChI=1S/C28H23F9O3/c1-2-3-15-4-9-25(38-14-15)28(36,37)40-18-6-8-20(22(30)13-18)27(34,35)39-17-5-7-19(21(29)12-17)16-10-23(31)26(33)24(32)11-16/h5-8,10-13,15,25H,2-4,9,14H2,1H3. The van der Waals surface area contributed by atoms with Crippen molar-refractivity contribution >= 4 is 0 Å². The third kappa shape index (κ3) is 6.48. The van der Waals surface area contributed by atoms with Crippen LogP contribution in [0.3, 0.4) is 0 Å². The molecule has 1 fully saturated rings. The highest BCUT2D eigenvalue weighted by Gasteiger charge is 2.46. The minimum atomic E-state index is -4.39. The molecule has 2 unspecified atom stereocenters. The molecule has 216 valence electrons. The van der Waals surface area contributed by atoms with Crippen molar-refractivity contribution in [1.82, 2.24) is 0 Å². The molecule has 0 spiro atoms. The second kappa shape index (κ2) is 11.6. The molecule has 0 saturated carbocycles. The molecule has 0 radical (unpaired) electrons. The smallest absolute Gasteiger partial charge is 0.429 e. The van der Waals surface area contributed by atoms with Crippen LogP contribution in [0.15, 0.2) is 48.5 Å². The number of benzene rings is 3. The Hall–Kier alpha value is -3.41. The highest BCUT2D eigenvalue weighted by molar-refractivity contribution is 5.65. The van der Waals surface area contributed by atoms with Crippen molar-refractivity contribution in [2.24, 2.45) is 5.92 Å². The predicted octanol–water partition coefficient (Wildman–Crippen LogP) is 8.74. The summed E-state index contributed by atoms with van der Waals surface area (Å²) in [6, 6.07) is 4.66. The van der Waals surface area contributed by atoms with E-state index in [-0.39, 0.29) is 18.9 Å². The summed E-state index contributed by atoms with van der Waals surface area (Å²) in [6.07, 6.45) is -7.63. The van der Waals surface area contributed by atoms with E-state index >= 15 is 0 Å². The van der Waals surface area contributed by atoms with Crippen LogP contribution in [-0.4, -0.2) is 18.8 Å². The number of hydrogen-bond donors (Lipinski definition) is 0. The van der Waals surface area contributed by atoms with Crippen molar-refractivity contribution in [2.45, 2.75) is 50.9 Å². The normalized spacial score (nSPS) is 18.1. The first-order valence-corrected chi connectivity index (χ1v) is 12.3. The lowest BCUT2D eigenvalue weighted by Gasteiger charge is -2.33. The van der Waals surface area contributed by atoms with Gasteiger partial charge in [0.05, 0.1) is 6.61 Å². The van der Waals surface area contributed by atoms with Gasteiger partial charge in [-0.15, -0.1) is 0 Å². The summed E-state index contributed by atoms with van der Waals surface area (Å²) in [4.78, 5) is 0. The van der Waals surface area contributed by atoms with Crippen molar-refractivity contribution in [3.05, 3.63) is 83.2 Å². The molecule has 0 N–H and O–H groups in total. The molecule has 1 heterocycles. The van der Waals surface area contributed by atoms with Gasteiger partial charge in [-0.1, -0.05) is 13.3 Å². The summed E-state index contributed by atoms with van der Waals surface area (Å²) in [5.74, 6) is -9.21. The summed E-state index contributed by atoms with van der Waals surface area (Å²) < 4.78 is 142. The molecule has 4 rings (SSSR count). The van der Waals surface area contributed by atoms with Crippen LogP contribution in [0.4, 0.5) is 39.5 Å². The van der Waals surface area contributed by atoms with Crippen molar-refractivity contribution in [1.29, 1.82) is 0 Å². The van der Waals surface area contributed by atoms with E-state index in [1.54, 1.807) is 0 Å². The Balaban J connectivity index is 1.46. The van der Waals surface area contributed by atoms with E-state index in [1.807, 2.05) is 6.92 Å². The van der Waals surface area contributed by atoms with E-state index in [1.165, 1.54) is 0 Å². The Bertz CT molecular complexity index is 1330. The van der Waals surface area contributed by atoms with Gasteiger partial charge in [-0.2, -0.15) is 17.6 Å². The zero-order valence-corrected chi connectivity index (χ0v) is 20.9. The van der Waals surface area contributed by atoms with Gasteiger partial charge < -0.3 is 14.2 Å². The maximum atomic E-state index is 14.7. The fraction of sp³-hybridized carbons (Fsp3) is 0.357. The Labute approximate surface area is 223 Å². The fourth-order valence-electron chi connectivity index (χ4n) is 4.43. The highest BCUT2D eigenvalue weighted by Crippen LogP contribution is 2.38. The van der Waals surface area contributed by atoms with Gasteiger partial charge in [-0.05, 0) is 67.1 Å². The first-order valence-electron chi connectivity index (χ1n) is 12.3. The largest absolute Gasteiger partial charge is 0.431 e. The zero-order chi connectivity index (χ0) is 29.2. The summed E-state index contributed by atoms with van der Waals surface area (Å²) >= 11 is 0. The summed E-state index contributed by atoms with van der Waals surface area (Å²) in [5, 5.41) is 0. The molecule has 2 atom stereocenters. The van der Waals surface area contributed by atoms with Crippen LogP contribution in [0.2, 0.25) is 0 Å². The van der Waals surface area contributed by atoms with Gasteiger partial charge in [0.15, 0.2) is 23.6 Å². The van der Waals surface area contributed by atoms with Gasteiger partial charge in [0.25, 0.3) is 0 Å². The summed E-state index contributed by atoms with van der Waals surface area (Å²) in [6.45, 7) is 2.08. The van der Waals surface area contributed by atoms with Crippen molar-refractivity contribution < 1.29 is 53.7 Å². The molecule has 12 heteroatoms. The van der Waals surface area contributed by atoms with Gasteiger partial charge in [0.2, 0.25) is 0 Å². The molecule has 3 aromatic carbocycles. The van der Waals surface area contributed by atoms with Crippen LogP contribution in [0.25, 0.3) is 11.1 Å². The molecule has 40 heavy (non-hydrogen) atoms. The van der Waals surface area contributed by atoms with Crippen molar-refractivity contribution in [3.8, 4) is 22.6 Å². The Morgan fingerprint density at radius 1 is 0.775 bits per heavy atom. The van der Waals surface area contributed by atoms with Crippen LogP contribution >= 0.6 is 0 Å². The van der Waals surface area contributed by atoms with Gasteiger partial charge in [0.1, 0.15) is 28.7 Å². The Morgan fingerprint density at radius 3 is 1.98 bits per heavy atom. The van der Waals surface area contributed by atoms with Crippen LogP contribution < -0.4 is 9.47 Å². The van der Waals surface area contributed by atoms with E-state index in [0.29, 0.717) is 42.8 Å². The third-order valence-electron chi connectivity index (χ3n) is 6.43. The minimum Gasteiger partial charge on any atom is -0.431 e. The first-order chi connectivity index (χ1) is 18.8. The fourth-order valence-corrected chi connectivity index (χ4v) is 4.43. The lowest BCUT2D eigenvalue weighted by molar-refractivity contribution is -0.265. The molecule has 0 aliphatic carbocycles. The number of halogens is 9. The topological polar surface area (TPSA) is 27.7 Å². The zero-order valence-electron chi connectivity index (χ0n) is 20.9. The monoisotopic (exact) mass is 578 g/mol. The summed E-state index contributed by atoms with van der Waals surface area (Å²) in [5.41, 5.74) is -2.22. The van der Waals surface area contributed by atoms with E-state index in [9.17, 15) is 39.5 Å². The second-order valence-corrected chi connectivity index (χ2v) is 9.37. The lowest BCUT2D eigenvalue weighted by atomic mass is 9.94. The number of hydrogen-bond acceptors (Lipinski definition) is 3. The average Bonchev–Trinajstić information content (AvgIpc) is 2.87. The van der Waals surface area contributed by atoms with Crippen LogP contribution in [0, 0.1) is 35.0 Å². The molecule has 0 amide bonds. The molecule has 3 aromatic rings. The minimum absolute atomic E-state index is 0.00450. The van der Waals surface area contributed by atoms with Gasteiger partial charge >= 0.3 is 12.2 Å². The Morgan fingerprint density at radius 2 is 1.40 bits per heavy atom. The van der Waals surface area contributed by atoms with Crippen LogP contribution in [-0.2, 0) is 10.8 Å². The van der Waals surface area contributed by atoms with E-state index in [2.05, 4.69) is 9.47 Å². The number of ether oxygens (including phenoxy) is 3. The quantitative estimate of drug-likeness (QED) is 0.188. The number of rotatable bonds is 9. The molecular formula is C28H23F9O3. The lowest BCUT2D eigenvalue weighted by Crippen LogP contribution is -2.44. The van der Waals surface area contributed by atoms with Gasteiger partial charge in [-0.3, -0.25) is 0 Å². The number of alkyl halides is 4. The van der Waals surface area contributed by atoms with E-state index < -0.39 is 75.6 Å². The van der Waals surface area contributed by atoms with Crippen LogP contribution in [0.5, 0.6) is 11.5 Å². The first kappa shape index (κ1) is 29.6. The van der Waals surface area contributed by atoms with E-state index in [4.69, 9.17) is 4.74 Å². The van der Waals surface area contributed by atoms with Crippen molar-refractivity contribution in [2.75, 3.05) is 6.61 Å². The third-order valence-corrected chi connectivity index (χ3v) is 6.43. The molecule has 0 aromatic heterocycles. The Kier molecular flexibility index (Phi) is 8.57. The molecular weight excluding hydrogens is 555 g/mol. The molecule has 1 aliphatic rings. The predicted molar refractivity (Wildman–Crippen MR) is 126 cm³/mol.